The van der Waals surface area contributed by atoms with Crippen molar-refractivity contribution < 1.29 is 4.42 Å². The molecule has 0 amide bonds. The summed E-state index contributed by atoms with van der Waals surface area (Å²) in [6, 6.07) is 46.8. The van der Waals surface area contributed by atoms with Crippen molar-refractivity contribution in [2.75, 3.05) is 4.90 Å². The average molecular weight is 519 g/mol. The molecular weight excluding hydrogens is 496 g/mol. The van der Waals surface area contributed by atoms with Crippen LogP contribution in [0.2, 0.25) is 0 Å². The Kier molecular flexibility index (Phi) is 5.00. The van der Waals surface area contributed by atoms with Crippen molar-refractivity contribution in [3.8, 4) is 11.5 Å². The van der Waals surface area contributed by atoms with Crippen LogP contribution in [-0.4, -0.2) is 4.98 Å². The van der Waals surface area contributed by atoms with Crippen LogP contribution in [0.5, 0.6) is 0 Å². The van der Waals surface area contributed by atoms with Crippen LogP contribution in [0.4, 0.5) is 17.1 Å². The second-order valence-electron chi connectivity index (χ2n) is 9.62. The van der Waals surface area contributed by atoms with Crippen molar-refractivity contribution in [2.45, 2.75) is 0 Å². The predicted molar refractivity (Wildman–Crippen MR) is 165 cm³/mol. The minimum atomic E-state index is 0.659. The van der Waals surface area contributed by atoms with Gasteiger partial charge in [-0.15, -0.1) is 11.3 Å². The Balaban J connectivity index is 1.34. The average Bonchev–Trinajstić information content (AvgIpc) is 3.59. The third-order valence-corrected chi connectivity index (χ3v) is 8.40. The number of aromatic nitrogens is 1. The maximum absolute atomic E-state index is 6.18. The highest BCUT2D eigenvalue weighted by Crippen LogP contribution is 2.44. The summed E-state index contributed by atoms with van der Waals surface area (Å²) in [4.78, 5) is 7.16. The van der Waals surface area contributed by atoms with Crippen LogP contribution >= 0.6 is 11.3 Å². The molecule has 3 nitrogen and oxygen atoms in total. The molecule has 8 aromatic rings. The van der Waals surface area contributed by atoms with Crippen LogP contribution < -0.4 is 4.90 Å². The fourth-order valence-corrected chi connectivity index (χ4v) is 6.69. The summed E-state index contributed by atoms with van der Waals surface area (Å²) in [5.74, 6) is 0.659. The molecule has 39 heavy (non-hydrogen) atoms. The summed E-state index contributed by atoms with van der Waals surface area (Å²) in [6.45, 7) is 0. The summed E-state index contributed by atoms with van der Waals surface area (Å²) in [5, 5.41) is 4.84. The van der Waals surface area contributed by atoms with E-state index in [-0.39, 0.29) is 0 Å². The molecule has 0 saturated carbocycles. The van der Waals surface area contributed by atoms with Gasteiger partial charge in [0.05, 0.1) is 5.69 Å². The van der Waals surface area contributed by atoms with Crippen LogP contribution in [-0.2, 0) is 0 Å². The minimum Gasteiger partial charge on any atom is -0.436 e. The Hall–Kier alpha value is -4.93. The number of oxazole rings is 1. The Morgan fingerprint density at radius 2 is 1.38 bits per heavy atom. The molecule has 0 N–H and O–H groups in total. The highest BCUT2D eigenvalue weighted by Gasteiger charge is 2.19. The number of thiophene rings is 1. The van der Waals surface area contributed by atoms with E-state index in [0.29, 0.717) is 5.89 Å². The van der Waals surface area contributed by atoms with Crippen LogP contribution in [0.25, 0.3) is 53.5 Å². The summed E-state index contributed by atoms with van der Waals surface area (Å²) < 4.78 is 8.63. The lowest BCUT2D eigenvalue weighted by atomic mass is 10.0. The molecule has 0 saturated heterocycles. The number of benzene rings is 6. The molecule has 0 aliphatic carbocycles. The molecule has 0 fully saturated rings. The number of para-hydroxylation sites is 3. The van der Waals surface area contributed by atoms with Gasteiger partial charge in [0.2, 0.25) is 5.89 Å². The Labute approximate surface area is 229 Å². The number of hydrogen-bond donors (Lipinski definition) is 0. The first-order valence-electron chi connectivity index (χ1n) is 13.0. The van der Waals surface area contributed by atoms with Gasteiger partial charge >= 0.3 is 0 Å². The molecule has 0 radical (unpaired) electrons. The molecule has 0 bridgehead atoms. The number of rotatable bonds is 4. The lowest BCUT2D eigenvalue weighted by Gasteiger charge is -2.27. The highest BCUT2D eigenvalue weighted by molar-refractivity contribution is 7.26. The van der Waals surface area contributed by atoms with Gasteiger partial charge < -0.3 is 9.32 Å². The van der Waals surface area contributed by atoms with E-state index in [1.807, 2.05) is 24.3 Å². The van der Waals surface area contributed by atoms with Crippen molar-refractivity contribution in [3.63, 3.8) is 0 Å². The van der Waals surface area contributed by atoms with Gasteiger partial charge in [0.1, 0.15) is 5.52 Å². The van der Waals surface area contributed by atoms with Gasteiger partial charge in [-0.25, -0.2) is 4.98 Å². The van der Waals surface area contributed by atoms with Crippen molar-refractivity contribution in [3.05, 3.63) is 133 Å². The third kappa shape index (κ3) is 3.61. The van der Waals surface area contributed by atoms with Gasteiger partial charge in [-0.3, -0.25) is 0 Å². The first-order valence-corrected chi connectivity index (χ1v) is 13.8. The van der Waals surface area contributed by atoms with Gasteiger partial charge in [-0.1, -0.05) is 78.9 Å². The molecule has 0 aliphatic rings. The fourth-order valence-electron chi connectivity index (χ4n) is 5.53. The van der Waals surface area contributed by atoms with Crippen LogP contribution in [0.3, 0.4) is 0 Å². The first kappa shape index (κ1) is 22.1. The standard InChI is InChI=1S/C35H22N2OS/c1-2-12-24(13-3-1)37(30-17-8-11-23-10-4-5-14-26(23)30)25-20-21-27-33(22-25)39-32-19-9-15-28(34(27)32)35-36-29-16-6-7-18-31(29)38-35/h1-22H. The molecule has 0 aliphatic heterocycles. The maximum Gasteiger partial charge on any atom is 0.227 e. The highest BCUT2D eigenvalue weighted by atomic mass is 32.1. The van der Waals surface area contributed by atoms with E-state index in [0.717, 1.165) is 33.7 Å². The van der Waals surface area contributed by atoms with Crippen LogP contribution in [0.1, 0.15) is 0 Å². The number of fused-ring (bicyclic) bond motifs is 5. The molecule has 184 valence electrons. The smallest absolute Gasteiger partial charge is 0.227 e. The van der Waals surface area contributed by atoms with E-state index in [4.69, 9.17) is 9.40 Å². The van der Waals surface area contributed by atoms with Gasteiger partial charge in [0.25, 0.3) is 0 Å². The second-order valence-corrected chi connectivity index (χ2v) is 10.7. The zero-order valence-corrected chi connectivity index (χ0v) is 21.7. The maximum atomic E-state index is 6.18. The molecule has 8 rings (SSSR count). The zero-order chi connectivity index (χ0) is 25.8. The Bertz CT molecular complexity index is 2100. The minimum absolute atomic E-state index is 0.659. The van der Waals surface area contributed by atoms with E-state index >= 15 is 0 Å². The molecule has 0 unspecified atom stereocenters. The van der Waals surface area contributed by atoms with E-state index in [1.165, 1.54) is 30.9 Å². The molecule has 4 heteroatoms. The van der Waals surface area contributed by atoms with E-state index in [2.05, 4.69) is 114 Å². The van der Waals surface area contributed by atoms with Crippen LogP contribution in [0.15, 0.2) is 138 Å². The second kappa shape index (κ2) is 8.83. The first-order chi connectivity index (χ1) is 19.3. The summed E-state index contributed by atoms with van der Waals surface area (Å²) in [6.07, 6.45) is 0. The molecule has 0 atom stereocenters. The zero-order valence-electron chi connectivity index (χ0n) is 20.9. The number of anilines is 3. The van der Waals surface area contributed by atoms with Crippen molar-refractivity contribution >= 4 is 70.4 Å². The molecule has 2 heterocycles. The Morgan fingerprint density at radius 3 is 2.31 bits per heavy atom. The lowest BCUT2D eigenvalue weighted by Crippen LogP contribution is -2.10. The van der Waals surface area contributed by atoms with Crippen LogP contribution in [0, 0.1) is 0 Å². The normalized spacial score (nSPS) is 11.6. The molecular formula is C35H22N2OS. The SMILES string of the molecule is c1ccc(N(c2ccc3c(c2)sc2cccc(-c4nc5ccccc5o4)c23)c2cccc3ccccc23)cc1. The topological polar surface area (TPSA) is 29.3 Å². The van der Waals surface area contributed by atoms with E-state index in [9.17, 15) is 0 Å². The largest absolute Gasteiger partial charge is 0.436 e. The summed E-state index contributed by atoms with van der Waals surface area (Å²) in [5.41, 5.74) is 6.12. The summed E-state index contributed by atoms with van der Waals surface area (Å²) in [7, 11) is 0. The fraction of sp³-hybridized carbons (Fsp3) is 0. The monoisotopic (exact) mass is 518 g/mol. The molecule has 6 aromatic carbocycles. The quantitative estimate of drug-likeness (QED) is 0.232. The summed E-state index contributed by atoms with van der Waals surface area (Å²) >= 11 is 1.81. The van der Waals surface area contributed by atoms with E-state index in [1.54, 1.807) is 11.3 Å². The Morgan fingerprint density at radius 1 is 0.590 bits per heavy atom. The molecule has 0 spiro atoms. The predicted octanol–water partition coefficient (Wildman–Crippen LogP) is 10.5. The van der Waals surface area contributed by atoms with Crippen molar-refractivity contribution in [1.29, 1.82) is 0 Å². The van der Waals surface area contributed by atoms with Crippen molar-refractivity contribution in [2.24, 2.45) is 0 Å². The third-order valence-electron chi connectivity index (χ3n) is 7.29. The number of nitrogens with zero attached hydrogens (tertiary/aromatic N) is 2. The van der Waals surface area contributed by atoms with Gasteiger partial charge in [0.15, 0.2) is 5.58 Å². The molecule has 2 aromatic heterocycles. The number of hydrogen-bond acceptors (Lipinski definition) is 4. The van der Waals surface area contributed by atoms with Gasteiger partial charge in [-0.2, -0.15) is 0 Å². The van der Waals surface area contributed by atoms with Crippen molar-refractivity contribution in [1.82, 2.24) is 4.98 Å². The van der Waals surface area contributed by atoms with Gasteiger partial charge in [-0.05, 0) is 60.0 Å². The lowest BCUT2D eigenvalue weighted by molar-refractivity contribution is 0.620. The van der Waals surface area contributed by atoms with Gasteiger partial charge in [0, 0.05) is 42.5 Å². The van der Waals surface area contributed by atoms with E-state index < -0.39 is 0 Å².